The van der Waals surface area contributed by atoms with Crippen LogP contribution in [0.5, 0.6) is 0 Å². The van der Waals surface area contributed by atoms with Crippen LogP contribution in [0.4, 0.5) is 11.6 Å². The van der Waals surface area contributed by atoms with E-state index in [0.29, 0.717) is 12.5 Å². The van der Waals surface area contributed by atoms with Gasteiger partial charge in [0, 0.05) is 26.2 Å². The molecule has 1 aliphatic heterocycles. The first kappa shape index (κ1) is 12.2. The van der Waals surface area contributed by atoms with Crippen LogP contribution in [-0.4, -0.2) is 52.5 Å². The van der Waals surface area contributed by atoms with E-state index in [1.807, 2.05) is 9.80 Å². The van der Waals surface area contributed by atoms with Gasteiger partial charge in [0.1, 0.15) is 12.4 Å². The van der Waals surface area contributed by atoms with Gasteiger partial charge in [0.15, 0.2) is 0 Å². The second kappa shape index (κ2) is 5.37. The number of nitrogens with zero attached hydrogens (tertiary/aromatic N) is 6. The molecule has 1 aromatic rings. The summed E-state index contributed by atoms with van der Waals surface area (Å²) in [5.41, 5.74) is -0.109. The molecule has 1 fully saturated rings. The van der Waals surface area contributed by atoms with E-state index in [2.05, 4.69) is 16.0 Å². The fourth-order valence-electron chi connectivity index (χ4n) is 1.78. The molecule has 0 amide bonds. The predicted octanol–water partition coefficient (Wildman–Crippen LogP) is 0.0304. The average molecular weight is 248 g/mol. The number of nitriles is 1. The molecule has 2 heterocycles. The van der Waals surface area contributed by atoms with Crippen LogP contribution < -0.4 is 4.90 Å². The number of anilines is 1. The van der Waals surface area contributed by atoms with Crippen molar-refractivity contribution in [3.8, 4) is 6.07 Å². The van der Waals surface area contributed by atoms with Crippen LogP contribution in [0.2, 0.25) is 0 Å². The van der Waals surface area contributed by atoms with Crippen molar-refractivity contribution in [3.63, 3.8) is 0 Å². The molecule has 0 bridgehead atoms. The minimum absolute atomic E-state index is 0.109. The van der Waals surface area contributed by atoms with Gasteiger partial charge in [0.25, 0.3) is 0 Å². The smallest absolute Gasteiger partial charge is 0.305 e. The highest BCUT2D eigenvalue weighted by Crippen LogP contribution is 2.13. The third kappa shape index (κ3) is 2.70. The molecule has 0 unspecified atom stereocenters. The van der Waals surface area contributed by atoms with Crippen molar-refractivity contribution in [1.82, 2.24) is 14.9 Å². The SMILES string of the molecule is N#CCN1CCN(c2ncc([N+](=O)[O-])cn2)CC1. The number of rotatable bonds is 3. The Labute approximate surface area is 104 Å². The van der Waals surface area contributed by atoms with Gasteiger partial charge in [0.05, 0.1) is 17.5 Å². The molecule has 0 N–H and O–H groups in total. The lowest BCUT2D eigenvalue weighted by atomic mass is 10.3. The lowest BCUT2D eigenvalue weighted by Gasteiger charge is -2.33. The Morgan fingerprint density at radius 1 is 1.33 bits per heavy atom. The molecule has 8 heteroatoms. The zero-order valence-corrected chi connectivity index (χ0v) is 9.69. The summed E-state index contributed by atoms with van der Waals surface area (Å²) < 4.78 is 0. The van der Waals surface area contributed by atoms with Gasteiger partial charge in [0.2, 0.25) is 5.95 Å². The maximum atomic E-state index is 10.5. The molecule has 94 valence electrons. The van der Waals surface area contributed by atoms with Crippen LogP contribution in [0.1, 0.15) is 0 Å². The molecule has 18 heavy (non-hydrogen) atoms. The van der Waals surface area contributed by atoms with Gasteiger partial charge in [-0.3, -0.25) is 15.0 Å². The Balaban J connectivity index is 1.97. The minimum atomic E-state index is -0.519. The summed E-state index contributed by atoms with van der Waals surface area (Å²) in [6.07, 6.45) is 2.42. The largest absolute Gasteiger partial charge is 0.338 e. The Hall–Kier alpha value is -2.27. The topological polar surface area (TPSA) is 99.2 Å². The summed E-state index contributed by atoms with van der Waals surface area (Å²) in [5, 5.41) is 19.1. The molecule has 8 nitrogen and oxygen atoms in total. The van der Waals surface area contributed by atoms with Crippen LogP contribution in [-0.2, 0) is 0 Å². The monoisotopic (exact) mass is 248 g/mol. The Morgan fingerprint density at radius 2 is 1.94 bits per heavy atom. The van der Waals surface area contributed by atoms with Gasteiger partial charge in [-0.2, -0.15) is 5.26 Å². The van der Waals surface area contributed by atoms with Crippen molar-refractivity contribution in [1.29, 1.82) is 5.26 Å². The van der Waals surface area contributed by atoms with Crippen LogP contribution in [0, 0.1) is 21.4 Å². The van der Waals surface area contributed by atoms with E-state index in [-0.39, 0.29) is 5.69 Å². The summed E-state index contributed by atoms with van der Waals surface area (Å²) in [5.74, 6) is 0.497. The molecule has 0 aromatic carbocycles. The molecule has 1 aromatic heterocycles. The molecule has 0 atom stereocenters. The summed E-state index contributed by atoms with van der Waals surface area (Å²) in [6, 6.07) is 2.11. The van der Waals surface area contributed by atoms with E-state index in [4.69, 9.17) is 5.26 Å². The van der Waals surface area contributed by atoms with E-state index in [9.17, 15) is 10.1 Å². The Morgan fingerprint density at radius 3 is 2.44 bits per heavy atom. The summed E-state index contributed by atoms with van der Waals surface area (Å²) in [6.45, 7) is 3.41. The number of piperazine rings is 1. The first-order valence-electron chi connectivity index (χ1n) is 5.51. The minimum Gasteiger partial charge on any atom is -0.338 e. The quantitative estimate of drug-likeness (QED) is 0.422. The number of hydrogen-bond donors (Lipinski definition) is 0. The van der Waals surface area contributed by atoms with Crippen LogP contribution in [0.25, 0.3) is 0 Å². The molecule has 0 aliphatic carbocycles. The van der Waals surface area contributed by atoms with Crippen molar-refractivity contribution < 1.29 is 4.92 Å². The van der Waals surface area contributed by atoms with Crippen LogP contribution in [0.15, 0.2) is 12.4 Å². The first-order valence-corrected chi connectivity index (χ1v) is 5.51. The zero-order valence-electron chi connectivity index (χ0n) is 9.69. The highest BCUT2D eigenvalue weighted by molar-refractivity contribution is 5.34. The van der Waals surface area contributed by atoms with Crippen molar-refractivity contribution in [3.05, 3.63) is 22.5 Å². The first-order chi connectivity index (χ1) is 8.70. The normalized spacial score (nSPS) is 16.3. The second-order valence-electron chi connectivity index (χ2n) is 3.92. The zero-order chi connectivity index (χ0) is 13.0. The molecule has 0 saturated carbocycles. The van der Waals surface area contributed by atoms with Crippen molar-refractivity contribution >= 4 is 11.6 Å². The van der Waals surface area contributed by atoms with E-state index in [1.165, 1.54) is 12.4 Å². The van der Waals surface area contributed by atoms with E-state index in [0.717, 1.165) is 26.2 Å². The van der Waals surface area contributed by atoms with E-state index < -0.39 is 4.92 Å². The fraction of sp³-hybridized carbons (Fsp3) is 0.500. The molecule has 1 aliphatic rings. The van der Waals surface area contributed by atoms with Crippen molar-refractivity contribution in [2.24, 2.45) is 0 Å². The van der Waals surface area contributed by atoms with E-state index >= 15 is 0 Å². The lowest BCUT2D eigenvalue weighted by molar-refractivity contribution is -0.385. The third-order valence-corrected chi connectivity index (χ3v) is 2.78. The maximum Gasteiger partial charge on any atom is 0.305 e. The average Bonchev–Trinajstić information content (AvgIpc) is 2.40. The van der Waals surface area contributed by atoms with Crippen molar-refractivity contribution in [2.45, 2.75) is 0 Å². The van der Waals surface area contributed by atoms with Gasteiger partial charge < -0.3 is 4.90 Å². The Bertz CT molecular complexity index is 460. The molecular formula is C10H12N6O2. The molecule has 2 rings (SSSR count). The Kier molecular flexibility index (Phi) is 3.64. The molecule has 0 radical (unpaired) electrons. The fourth-order valence-corrected chi connectivity index (χ4v) is 1.78. The van der Waals surface area contributed by atoms with Crippen LogP contribution >= 0.6 is 0 Å². The van der Waals surface area contributed by atoms with Gasteiger partial charge >= 0.3 is 5.69 Å². The van der Waals surface area contributed by atoms with Crippen LogP contribution in [0.3, 0.4) is 0 Å². The van der Waals surface area contributed by atoms with Crippen molar-refractivity contribution in [2.75, 3.05) is 37.6 Å². The highest BCUT2D eigenvalue weighted by Gasteiger charge is 2.19. The molecule has 1 saturated heterocycles. The number of nitro groups is 1. The highest BCUT2D eigenvalue weighted by atomic mass is 16.6. The van der Waals surface area contributed by atoms with Gasteiger partial charge in [-0.25, -0.2) is 9.97 Å². The second-order valence-corrected chi connectivity index (χ2v) is 3.92. The van der Waals surface area contributed by atoms with E-state index in [1.54, 1.807) is 0 Å². The molecule has 0 spiro atoms. The van der Waals surface area contributed by atoms with Gasteiger partial charge in [-0.1, -0.05) is 0 Å². The predicted molar refractivity (Wildman–Crippen MR) is 63.0 cm³/mol. The maximum absolute atomic E-state index is 10.5. The van der Waals surface area contributed by atoms with Gasteiger partial charge in [-0.15, -0.1) is 0 Å². The van der Waals surface area contributed by atoms with Gasteiger partial charge in [-0.05, 0) is 0 Å². The molecular weight excluding hydrogens is 236 g/mol. The lowest BCUT2D eigenvalue weighted by Crippen LogP contribution is -2.47. The number of aromatic nitrogens is 2. The summed E-state index contributed by atoms with van der Waals surface area (Å²) in [7, 11) is 0. The standard InChI is InChI=1S/C10H12N6O2/c11-1-2-14-3-5-15(6-4-14)10-12-7-9(8-13-10)16(17)18/h7-8H,2-6H2. The third-order valence-electron chi connectivity index (χ3n) is 2.78. The summed E-state index contributed by atoms with van der Waals surface area (Å²) >= 11 is 0. The summed E-state index contributed by atoms with van der Waals surface area (Å²) in [4.78, 5) is 21.9. The number of hydrogen-bond acceptors (Lipinski definition) is 7.